The zero-order chi connectivity index (χ0) is 16.6. The van der Waals surface area contributed by atoms with E-state index in [4.69, 9.17) is 11.6 Å². The van der Waals surface area contributed by atoms with E-state index in [0.29, 0.717) is 10.6 Å². The number of H-pyrrole nitrogens is 1. The number of carbonyl (C=O) groups is 1. The predicted molar refractivity (Wildman–Crippen MR) is 90.7 cm³/mol. The Morgan fingerprint density at radius 2 is 2.04 bits per heavy atom. The van der Waals surface area contributed by atoms with Gasteiger partial charge in [0.05, 0.1) is 5.41 Å². The Balaban J connectivity index is 1.77. The molecule has 1 saturated carbocycles. The molecule has 1 aromatic carbocycles. The van der Waals surface area contributed by atoms with Crippen molar-refractivity contribution in [1.82, 2.24) is 10.3 Å². The molecule has 1 amide bonds. The summed E-state index contributed by atoms with van der Waals surface area (Å²) in [5, 5.41) is 3.55. The van der Waals surface area contributed by atoms with Crippen LogP contribution >= 0.6 is 11.6 Å². The molecule has 3 rings (SSSR count). The maximum Gasteiger partial charge on any atom is 0.253 e. The first kappa shape index (κ1) is 15.8. The van der Waals surface area contributed by atoms with Crippen molar-refractivity contribution in [3.63, 3.8) is 0 Å². The van der Waals surface area contributed by atoms with Gasteiger partial charge in [-0.2, -0.15) is 0 Å². The van der Waals surface area contributed by atoms with Gasteiger partial charge in [-0.15, -0.1) is 0 Å². The number of hydrogen-bond acceptors (Lipinski definition) is 2. The van der Waals surface area contributed by atoms with E-state index in [1.807, 2.05) is 38.1 Å². The molecule has 1 aliphatic rings. The summed E-state index contributed by atoms with van der Waals surface area (Å²) in [6.07, 6.45) is 1.62. The highest BCUT2D eigenvalue weighted by Crippen LogP contribution is 2.48. The molecule has 1 aliphatic carbocycles. The Hall–Kier alpha value is -2.07. The Kier molecular flexibility index (Phi) is 4.02. The van der Waals surface area contributed by atoms with Crippen LogP contribution in [0.2, 0.25) is 5.02 Å². The quantitative estimate of drug-likeness (QED) is 0.905. The zero-order valence-corrected chi connectivity index (χ0v) is 14.0. The maximum atomic E-state index is 12.6. The van der Waals surface area contributed by atoms with E-state index in [2.05, 4.69) is 10.3 Å². The molecule has 0 bridgehead atoms. The number of nitrogens with one attached hydrogen (secondary N) is 2. The minimum atomic E-state index is -0.490. The van der Waals surface area contributed by atoms with Crippen molar-refractivity contribution in [1.29, 1.82) is 0 Å². The number of hydrogen-bond donors (Lipinski definition) is 2. The summed E-state index contributed by atoms with van der Waals surface area (Å²) < 4.78 is 0. The normalized spacial score (nSPS) is 15.3. The Bertz CT molecular complexity index is 822. The Labute approximate surface area is 139 Å². The van der Waals surface area contributed by atoms with E-state index < -0.39 is 5.41 Å². The van der Waals surface area contributed by atoms with Crippen molar-refractivity contribution in [2.45, 2.75) is 38.6 Å². The van der Waals surface area contributed by atoms with Crippen molar-refractivity contribution in [3.8, 4) is 0 Å². The first-order chi connectivity index (χ1) is 10.9. The SMILES string of the molecule is Cc1cc(C)c(CNC(=O)C2(c3cccc(Cl)c3)CC2)c(=O)[nH]1. The third kappa shape index (κ3) is 3.04. The monoisotopic (exact) mass is 330 g/mol. The number of benzene rings is 1. The summed E-state index contributed by atoms with van der Waals surface area (Å²) in [7, 11) is 0. The summed E-state index contributed by atoms with van der Waals surface area (Å²) in [4.78, 5) is 27.4. The lowest BCUT2D eigenvalue weighted by molar-refractivity contribution is -0.123. The molecule has 23 heavy (non-hydrogen) atoms. The van der Waals surface area contributed by atoms with Gasteiger partial charge < -0.3 is 10.3 Å². The molecular formula is C18H19ClN2O2. The predicted octanol–water partition coefficient (Wildman–Crippen LogP) is 2.99. The second kappa shape index (κ2) is 5.85. The zero-order valence-electron chi connectivity index (χ0n) is 13.2. The Morgan fingerprint density at radius 3 is 2.65 bits per heavy atom. The maximum absolute atomic E-state index is 12.6. The van der Waals surface area contributed by atoms with Crippen LogP contribution in [0.4, 0.5) is 0 Å². The van der Waals surface area contributed by atoms with Crippen LogP contribution in [0.1, 0.15) is 35.2 Å². The number of halogens is 1. The van der Waals surface area contributed by atoms with Crippen LogP contribution in [0.5, 0.6) is 0 Å². The molecule has 5 heteroatoms. The molecule has 0 spiro atoms. The molecule has 0 radical (unpaired) electrons. The highest BCUT2D eigenvalue weighted by atomic mass is 35.5. The van der Waals surface area contributed by atoms with Crippen LogP contribution in [0.15, 0.2) is 35.1 Å². The fraction of sp³-hybridized carbons (Fsp3) is 0.333. The summed E-state index contributed by atoms with van der Waals surface area (Å²) in [6.45, 7) is 3.96. The lowest BCUT2D eigenvalue weighted by atomic mass is 9.95. The fourth-order valence-corrected chi connectivity index (χ4v) is 3.19. The third-order valence-electron chi connectivity index (χ3n) is 4.48. The van der Waals surface area contributed by atoms with Gasteiger partial charge in [0, 0.05) is 22.8 Å². The molecule has 2 aromatic rings. The molecule has 0 saturated heterocycles. The third-order valence-corrected chi connectivity index (χ3v) is 4.72. The van der Waals surface area contributed by atoms with Crippen LogP contribution in [0.25, 0.3) is 0 Å². The average molecular weight is 331 g/mol. The molecule has 0 unspecified atom stereocenters. The molecule has 1 fully saturated rings. The molecule has 2 N–H and O–H groups in total. The van der Waals surface area contributed by atoms with E-state index in [1.54, 1.807) is 6.07 Å². The molecule has 120 valence electrons. The highest BCUT2D eigenvalue weighted by Gasteiger charge is 2.51. The molecule has 0 aliphatic heterocycles. The van der Waals surface area contributed by atoms with E-state index in [-0.39, 0.29) is 18.0 Å². The van der Waals surface area contributed by atoms with Crippen LogP contribution < -0.4 is 10.9 Å². The summed E-state index contributed by atoms with van der Waals surface area (Å²) in [6, 6.07) is 9.35. The first-order valence-electron chi connectivity index (χ1n) is 7.66. The van der Waals surface area contributed by atoms with Gasteiger partial charge in [-0.1, -0.05) is 23.7 Å². The van der Waals surface area contributed by atoms with E-state index in [9.17, 15) is 9.59 Å². The Morgan fingerprint density at radius 1 is 1.30 bits per heavy atom. The summed E-state index contributed by atoms with van der Waals surface area (Å²) in [5.41, 5.74) is 2.62. The van der Waals surface area contributed by atoms with Gasteiger partial charge in [-0.3, -0.25) is 9.59 Å². The van der Waals surface area contributed by atoms with Crippen LogP contribution in [0.3, 0.4) is 0 Å². The second-order valence-corrected chi connectivity index (χ2v) is 6.65. The van der Waals surface area contributed by atoms with E-state index in [1.165, 1.54) is 0 Å². The molecule has 4 nitrogen and oxygen atoms in total. The van der Waals surface area contributed by atoms with Gasteiger partial charge in [0.25, 0.3) is 5.56 Å². The number of carbonyl (C=O) groups excluding carboxylic acids is 1. The summed E-state index contributed by atoms with van der Waals surface area (Å²) in [5.74, 6) is -0.0425. The van der Waals surface area contributed by atoms with Gasteiger partial charge >= 0.3 is 0 Å². The smallest absolute Gasteiger partial charge is 0.253 e. The molecule has 1 aromatic heterocycles. The average Bonchev–Trinajstić information content (AvgIpc) is 3.27. The first-order valence-corrected chi connectivity index (χ1v) is 8.04. The van der Waals surface area contributed by atoms with Gasteiger partial charge in [-0.05, 0) is 56.0 Å². The van der Waals surface area contributed by atoms with Gasteiger partial charge in [0.1, 0.15) is 0 Å². The second-order valence-electron chi connectivity index (χ2n) is 6.22. The lowest BCUT2D eigenvalue weighted by Gasteiger charge is -2.16. The van der Waals surface area contributed by atoms with E-state index in [0.717, 1.165) is 29.7 Å². The van der Waals surface area contributed by atoms with Crippen LogP contribution in [-0.4, -0.2) is 10.9 Å². The number of aromatic nitrogens is 1. The van der Waals surface area contributed by atoms with Crippen LogP contribution in [-0.2, 0) is 16.8 Å². The number of rotatable bonds is 4. The van der Waals surface area contributed by atoms with Gasteiger partial charge in [0.15, 0.2) is 0 Å². The fourth-order valence-electron chi connectivity index (χ4n) is 3.00. The minimum Gasteiger partial charge on any atom is -0.351 e. The largest absolute Gasteiger partial charge is 0.351 e. The molecule has 1 heterocycles. The number of aromatic amines is 1. The minimum absolute atomic E-state index is 0.0425. The van der Waals surface area contributed by atoms with Crippen LogP contribution in [0, 0.1) is 13.8 Å². The molecule has 0 atom stereocenters. The summed E-state index contributed by atoms with van der Waals surface area (Å²) >= 11 is 6.04. The van der Waals surface area contributed by atoms with Crippen molar-refractivity contribution in [2.24, 2.45) is 0 Å². The number of amides is 1. The number of aryl methyl sites for hydroxylation is 2. The molecular weight excluding hydrogens is 312 g/mol. The van der Waals surface area contributed by atoms with Crippen molar-refractivity contribution in [2.75, 3.05) is 0 Å². The highest BCUT2D eigenvalue weighted by molar-refractivity contribution is 6.30. The van der Waals surface area contributed by atoms with Crippen molar-refractivity contribution in [3.05, 3.63) is 68.1 Å². The number of pyridine rings is 1. The lowest BCUT2D eigenvalue weighted by Crippen LogP contribution is -2.36. The van der Waals surface area contributed by atoms with Crippen molar-refractivity contribution < 1.29 is 4.79 Å². The van der Waals surface area contributed by atoms with Crippen molar-refractivity contribution >= 4 is 17.5 Å². The van der Waals surface area contributed by atoms with Gasteiger partial charge in [0.2, 0.25) is 5.91 Å². The van der Waals surface area contributed by atoms with Gasteiger partial charge in [-0.25, -0.2) is 0 Å². The topological polar surface area (TPSA) is 62.0 Å². The van der Waals surface area contributed by atoms with E-state index >= 15 is 0 Å². The standard InChI is InChI=1S/C18H19ClN2O2/c1-11-8-12(2)21-16(22)15(11)10-20-17(23)18(6-7-18)13-4-3-5-14(19)9-13/h3-5,8-9H,6-7,10H2,1-2H3,(H,20,23)(H,21,22).